The molecule has 4 rings (SSSR count). The standard InChI is InChI=1S/C24H29N5O/c25-13-17-1-5-20(6-2-17)22-15-28-24(30-16-19-9-11-27-12-10-19)29-23(22)21-7-3-18(14-26)4-8-21/h1-8,15,19,27H,9-14,16,25-26H2. The van der Waals surface area contributed by atoms with Crippen LogP contribution in [0.25, 0.3) is 22.4 Å². The number of nitrogens with two attached hydrogens (primary N) is 2. The van der Waals surface area contributed by atoms with Gasteiger partial charge < -0.3 is 21.5 Å². The fourth-order valence-electron chi connectivity index (χ4n) is 3.73. The Kier molecular flexibility index (Phi) is 6.69. The topological polar surface area (TPSA) is 99.1 Å². The van der Waals surface area contributed by atoms with E-state index in [1.807, 2.05) is 30.5 Å². The first-order chi connectivity index (χ1) is 14.8. The van der Waals surface area contributed by atoms with Crippen LogP contribution in [0.4, 0.5) is 0 Å². The van der Waals surface area contributed by atoms with Crippen LogP contribution in [0, 0.1) is 5.92 Å². The van der Waals surface area contributed by atoms with Gasteiger partial charge in [-0.15, -0.1) is 0 Å². The summed E-state index contributed by atoms with van der Waals surface area (Å²) in [7, 11) is 0. The van der Waals surface area contributed by atoms with Crippen molar-refractivity contribution in [1.82, 2.24) is 15.3 Å². The molecule has 1 aromatic heterocycles. The van der Waals surface area contributed by atoms with Gasteiger partial charge in [-0.05, 0) is 48.5 Å². The normalized spacial score (nSPS) is 14.6. The van der Waals surface area contributed by atoms with Crippen LogP contribution in [0.15, 0.2) is 54.7 Å². The van der Waals surface area contributed by atoms with Crippen molar-refractivity contribution < 1.29 is 4.74 Å². The Balaban J connectivity index is 1.65. The molecule has 1 aliphatic heterocycles. The first-order valence-corrected chi connectivity index (χ1v) is 10.6. The van der Waals surface area contributed by atoms with Gasteiger partial charge in [-0.25, -0.2) is 4.98 Å². The summed E-state index contributed by atoms with van der Waals surface area (Å²) in [5.74, 6) is 0.547. The van der Waals surface area contributed by atoms with Crippen LogP contribution < -0.4 is 21.5 Å². The highest BCUT2D eigenvalue weighted by molar-refractivity contribution is 5.80. The smallest absolute Gasteiger partial charge is 0.316 e. The second-order valence-electron chi connectivity index (χ2n) is 7.72. The number of hydrogen-bond donors (Lipinski definition) is 3. The largest absolute Gasteiger partial charge is 0.463 e. The summed E-state index contributed by atoms with van der Waals surface area (Å²) in [5.41, 5.74) is 17.6. The van der Waals surface area contributed by atoms with Crippen LogP contribution in [0.5, 0.6) is 6.01 Å². The number of hydrogen-bond acceptors (Lipinski definition) is 6. The highest BCUT2D eigenvalue weighted by atomic mass is 16.5. The van der Waals surface area contributed by atoms with Crippen LogP contribution in [-0.4, -0.2) is 29.7 Å². The molecule has 0 spiro atoms. The molecule has 1 fully saturated rings. The van der Waals surface area contributed by atoms with Crippen molar-refractivity contribution in [2.75, 3.05) is 19.7 Å². The second kappa shape index (κ2) is 9.80. The Morgan fingerprint density at radius 3 is 2.07 bits per heavy atom. The molecule has 1 aliphatic rings. The molecule has 2 aromatic carbocycles. The van der Waals surface area contributed by atoms with Gasteiger partial charge in [0, 0.05) is 30.4 Å². The summed E-state index contributed by atoms with van der Waals surface area (Å²) in [4.78, 5) is 9.31. The van der Waals surface area contributed by atoms with Gasteiger partial charge in [0.2, 0.25) is 0 Å². The molecule has 5 N–H and O–H groups in total. The number of piperidine rings is 1. The molecule has 0 amide bonds. The third kappa shape index (κ3) is 4.84. The predicted molar refractivity (Wildman–Crippen MR) is 120 cm³/mol. The van der Waals surface area contributed by atoms with Crippen molar-refractivity contribution in [2.24, 2.45) is 17.4 Å². The molecule has 0 saturated carbocycles. The Labute approximate surface area is 177 Å². The van der Waals surface area contributed by atoms with Crippen molar-refractivity contribution in [3.63, 3.8) is 0 Å². The van der Waals surface area contributed by atoms with Crippen LogP contribution in [0.1, 0.15) is 24.0 Å². The molecule has 2 heterocycles. The Hall–Kier alpha value is -2.80. The summed E-state index contributed by atoms with van der Waals surface area (Å²) >= 11 is 0. The lowest BCUT2D eigenvalue weighted by Crippen LogP contribution is -2.30. The van der Waals surface area contributed by atoms with E-state index in [1.54, 1.807) is 0 Å². The van der Waals surface area contributed by atoms with E-state index < -0.39 is 0 Å². The van der Waals surface area contributed by atoms with E-state index in [2.05, 4.69) is 34.6 Å². The van der Waals surface area contributed by atoms with Gasteiger partial charge in [-0.3, -0.25) is 0 Å². The van der Waals surface area contributed by atoms with E-state index in [-0.39, 0.29) is 0 Å². The lowest BCUT2D eigenvalue weighted by Gasteiger charge is -2.22. The number of rotatable bonds is 7. The first kappa shape index (κ1) is 20.5. The van der Waals surface area contributed by atoms with Gasteiger partial charge in [0.25, 0.3) is 0 Å². The molecule has 6 heteroatoms. The molecule has 6 nitrogen and oxygen atoms in total. The second-order valence-corrected chi connectivity index (χ2v) is 7.72. The summed E-state index contributed by atoms with van der Waals surface area (Å²) in [6, 6.07) is 16.8. The molecule has 0 radical (unpaired) electrons. The maximum atomic E-state index is 5.99. The Morgan fingerprint density at radius 1 is 0.867 bits per heavy atom. The fraction of sp³-hybridized carbons (Fsp3) is 0.333. The lowest BCUT2D eigenvalue weighted by atomic mass is 9.99. The molecule has 156 valence electrons. The Morgan fingerprint density at radius 2 is 1.47 bits per heavy atom. The molecule has 0 aliphatic carbocycles. The minimum atomic E-state index is 0.425. The van der Waals surface area contributed by atoms with Crippen molar-refractivity contribution in [1.29, 1.82) is 0 Å². The summed E-state index contributed by atoms with van der Waals surface area (Å²) in [6.07, 6.45) is 4.10. The molecular formula is C24H29N5O. The van der Waals surface area contributed by atoms with E-state index in [0.717, 1.165) is 59.4 Å². The van der Waals surface area contributed by atoms with Gasteiger partial charge in [0.15, 0.2) is 0 Å². The molecule has 30 heavy (non-hydrogen) atoms. The zero-order chi connectivity index (χ0) is 20.8. The summed E-state index contributed by atoms with van der Waals surface area (Å²) in [6.45, 7) is 3.78. The first-order valence-electron chi connectivity index (χ1n) is 10.6. The maximum absolute atomic E-state index is 5.99. The van der Waals surface area contributed by atoms with Crippen LogP contribution in [-0.2, 0) is 13.1 Å². The maximum Gasteiger partial charge on any atom is 0.316 e. The van der Waals surface area contributed by atoms with Gasteiger partial charge in [-0.2, -0.15) is 4.98 Å². The monoisotopic (exact) mass is 403 g/mol. The minimum Gasteiger partial charge on any atom is -0.463 e. The average molecular weight is 404 g/mol. The zero-order valence-electron chi connectivity index (χ0n) is 17.2. The van der Waals surface area contributed by atoms with Crippen molar-refractivity contribution in [3.8, 4) is 28.4 Å². The van der Waals surface area contributed by atoms with E-state index in [9.17, 15) is 0 Å². The van der Waals surface area contributed by atoms with Crippen molar-refractivity contribution in [2.45, 2.75) is 25.9 Å². The number of benzene rings is 2. The van der Waals surface area contributed by atoms with Crippen molar-refractivity contribution >= 4 is 0 Å². The van der Waals surface area contributed by atoms with Gasteiger partial charge in [0.05, 0.1) is 12.3 Å². The molecule has 0 unspecified atom stereocenters. The van der Waals surface area contributed by atoms with Crippen LogP contribution in [0.3, 0.4) is 0 Å². The third-order valence-electron chi connectivity index (χ3n) is 5.64. The van der Waals surface area contributed by atoms with E-state index in [4.69, 9.17) is 21.2 Å². The van der Waals surface area contributed by atoms with E-state index >= 15 is 0 Å². The van der Waals surface area contributed by atoms with E-state index in [0.29, 0.717) is 31.6 Å². The molecule has 0 atom stereocenters. The highest BCUT2D eigenvalue weighted by Gasteiger charge is 2.16. The van der Waals surface area contributed by atoms with E-state index in [1.165, 1.54) is 0 Å². The summed E-state index contributed by atoms with van der Waals surface area (Å²) in [5, 5.41) is 3.38. The minimum absolute atomic E-state index is 0.425. The third-order valence-corrected chi connectivity index (χ3v) is 5.64. The van der Waals surface area contributed by atoms with Gasteiger partial charge in [-0.1, -0.05) is 48.5 Å². The fourth-order valence-corrected chi connectivity index (χ4v) is 3.73. The number of ether oxygens (including phenoxy) is 1. The lowest BCUT2D eigenvalue weighted by molar-refractivity contribution is 0.202. The quantitative estimate of drug-likeness (QED) is 0.561. The number of aromatic nitrogens is 2. The predicted octanol–water partition coefficient (Wildman–Crippen LogP) is 3.11. The number of nitrogens with zero attached hydrogens (tertiary/aromatic N) is 2. The molecule has 0 bridgehead atoms. The Bertz CT molecular complexity index is 950. The van der Waals surface area contributed by atoms with Gasteiger partial charge in [0.1, 0.15) is 0 Å². The van der Waals surface area contributed by atoms with Crippen LogP contribution >= 0.6 is 0 Å². The molecular weight excluding hydrogens is 374 g/mol. The van der Waals surface area contributed by atoms with Crippen LogP contribution in [0.2, 0.25) is 0 Å². The number of nitrogens with one attached hydrogen (secondary N) is 1. The molecule has 3 aromatic rings. The highest BCUT2D eigenvalue weighted by Crippen LogP contribution is 2.32. The SMILES string of the molecule is NCc1ccc(-c2cnc(OCC3CCNCC3)nc2-c2ccc(CN)cc2)cc1. The van der Waals surface area contributed by atoms with Crippen molar-refractivity contribution in [3.05, 3.63) is 65.9 Å². The average Bonchev–Trinajstić information content (AvgIpc) is 2.83. The zero-order valence-corrected chi connectivity index (χ0v) is 17.2. The summed E-state index contributed by atoms with van der Waals surface area (Å²) < 4.78 is 5.99. The molecule has 1 saturated heterocycles. The van der Waals surface area contributed by atoms with Gasteiger partial charge >= 0.3 is 6.01 Å².